The lowest BCUT2D eigenvalue weighted by atomic mass is 10.1. The van der Waals surface area contributed by atoms with Gasteiger partial charge in [0.15, 0.2) is 25.3 Å². The number of amides is 1. The molecule has 1 heterocycles. The number of nitrogens with two attached hydrogens (primary N) is 1. The Morgan fingerprint density at radius 2 is 1.61 bits per heavy atom. The Hall–Kier alpha value is -2.72. The first-order valence-corrected chi connectivity index (χ1v) is 11.6. The fraction of sp³-hybridized carbons (Fsp3) is 0.222. The Kier molecular flexibility index (Phi) is 4.80. The first-order valence-electron chi connectivity index (χ1n) is 8.31. The van der Waals surface area contributed by atoms with Gasteiger partial charge in [-0.25, -0.2) is 16.8 Å². The molecular formula is C18H17NO7S2. The first-order chi connectivity index (χ1) is 13.0. The molecule has 0 aliphatic carbocycles. The predicted molar refractivity (Wildman–Crippen MR) is 104 cm³/mol. The van der Waals surface area contributed by atoms with E-state index in [9.17, 15) is 26.4 Å². The number of carbonyl (C=O) groups is 1. The summed E-state index contributed by atoms with van der Waals surface area (Å²) in [5.74, 6) is -1.33. The van der Waals surface area contributed by atoms with E-state index in [2.05, 4.69) is 0 Å². The molecule has 0 bridgehead atoms. The van der Waals surface area contributed by atoms with E-state index in [4.69, 9.17) is 10.2 Å². The van der Waals surface area contributed by atoms with Gasteiger partial charge in [-0.05, 0) is 30.3 Å². The topological polar surface area (TPSA) is 142 Å². The van der Waals surface area contributed by atoms with E-state index >= 15 is 0 Å². The molecule has 0 atom stereocenters. The Labute approximate surface area is 160 Å². The molecule has 3 rings (SSSR count). The minimum Gasteiger partial charge on any atom is -0.454 e. The van der Waals surface area contributed by atoms with Crippen molar-refractivity contribution >= 4 is 47.5 Å². The normalized spacial score (nSPS) is 12.5. The third-order valence-electron chi connectivity index (χ3n) is 4.45. The molecule has 148 valence electrons. The van der Waals surface area contributed by atoms with E-state index in [1.54, 1.807) is 0 Å². The number of fused-ring (bicyclic) bond motifs is 2. The molecule has 2 aromatic carbocycles. The maximum absolute atomic E-state index is 13.0. The molecule has 28 heavy (non-hydrogen) atoms. The zero-order chi connectivity index (χ0) is 20.9. The second kappa shape index (κ2) is 6.71. The fourth-order valence-electron chi connectivity index (χ4n) is 2.79. The van der Waals surface area contributed by atoms with Crippen LogP contribution in [0.3, 0.4) is 0 Å². The van der Waals surface area contributed by atoms with Crippen molar-refractivity contribution in [2.75, 3.05) is 11.5 Å². The lowest BCUT2D eigenvalue weighted by Gasteiger charge is -2.10. The molecule has 3 aromatic rings. The van der Waals surface area contributed by atoms with Crippen molar-refractivity contribution in [3.05, 3.63) is 46.1 Å². The molecule has 0 unspecified atom stereocenters. The highest BCUT2D eigenvalue weighted by molar-refractivity contribution is 7.92. The molecule has 0 saturated heterocycles. The van der Waals surface area contributed by atoms with Gasteiger partial charge in [-0.15, -0.1) is 0 Å². The third kappa shape index (κ3) is 3.18. The summed E-state index contributed by atoms with van der Waals surface area (Å²) in [5, 5.41) is -0.203. The van der Waals surface area contributed by atoms with E-state index in [-0.39, 0.29) is 48.8 Å². The highest BCUT2D eigenvalue weighted by Crippen LogP contribution is 2.30. The van der Waals surface area contributed by atoms with E-state index < -0.39 is 31.0 Å². The van der Waals surface area contributed by atoms with Crippen LogP contribution >= 0.6 is 0 Å². The number of benzene rings is 2. The quantitative estimate of drug-likeness (QED) is 0.615. The van der Waals surface area contributed by atoms with E-state index in [0.717, 1.165) is 12.1 Å². The van der Waals surface area contributed by atoms with Crippen molar-refractivity contribution < 1.29 is 26.0 Å². The van der Waals surface area contributed by atoms with Crippen LogP contribution in [0.15, 0.2) is 49.3 Å². The van der Waals surface area contributed by atoms with Crippen LogP contribution in [-0.4, -0.2) is 34.2 Å². The molecule has 8 nitrogen and oxygen atoms in total. The number of rotatable bonds is 5. The van der Waals surface area contributed by atoms with Crippen molar-refractivity contribution in [1.29, 1.82) is 0 Å². The molecule has 0 radical (unpaired) electrons. The Bertz CT molecular complexity index is 1400. The SMILES string of the molecule is CCS(=O)(=O)c1cc(S(=O)(=O)CC)c2oc3ccc(C(N)=O)cc3c(=O)c2c1. The zero-order valence-electron chi connectivity index (χ0n) is 15.1. The second-order valence-electron chi connectivity index (χ2n) is 6.11. The van der Waals surface area contributed by atoms with Gasteiger partial charge in [0.05, 0.1) is 27.2 Å². The van der Waals surface area contributed by atoms with Crippen LogP contribution in [-0.2, 0) is 19.7 Å². The molecule has 0 aliphatic rings. The van der Waals surface area contributed by atoms with Crippen molar-refractivity contribution in [3.63, 3.8) is 0 Å². The van der Waals surface area contributed by atoms with Gasteiger partial charge in [0.1, 0.15) is 10.5 Å². The van der Waals surface area contributed by atoms with E-state index in [1.165, 1.54) is 32.0 Å². The Morgan fingerprint density at radius 3 is 2.18 bits per heavy atom. The summed E-state index contributed by atoms with van der Waals surface area (Å²) in [6.07, 6.45) is 0. The van der Waals surface area contributed by atoms with Gasteiger partial charge in [-0.1, -0.05) is 13.8 Å². The summed E-state index contributed by atoms with van der Waals surface area (Å²) in [5.41, 5.74) is 4.49. The fourth-order valence-corrected chi connectivity index (χ4v) is 4.84. The van der Waals surface area contributed by atoms with Gasteiger partial charge in [0, 0.05) is 5.56 Å². The van der Waals surface area contributed by atoms with Gasteiger partial charge in [-0.2, -0.15) is 0 Å². The Morgan fingerprint density at radius 1 is 0.964 bits per heavy atom. The molecule has 1 aromatic heterocycles. The third-order valence-corrected chi connectivity index (χ3v) is 7.90. The molecule has 0 aliphatic heterocycles. The molecule has 0 saturated carbocycles. The highest BCUT2D eigenvalue weighted by atomic mass is 32.2. The molecule has 10 heteroatoms. The minimum atomic E-state index is -3.89. The van der Waals surface area contributed by atoms with Gasteiger partial charge in [0.25, 0.3) is 0 Å². The van der Waals surface area contributed by atoms with E-state index in [0.29, 0.717) is 0 Å². The van der Waals surface area contributed by atoms with Gasteiger partial charge >= 0.3 is 0 Å². The lowest BCUT2D eigenvalue weighted by Crippen LogP contribution is -2.14. The van der Waals surface area contributed by atoms with Gasteiger partial charge in [-0.3, -0.25) is 9.59 Å². The first kappa shape index (κ1) is 20.0. The monoisotopic (exact) mass is 423 g/mol. The number of sulfone groups is 2. The highest BCUT2D eigenvalue weighted by Gasteiger charge is 2.25. The van der Waals surface area contributed by atoms with Crippen LogP contribution in [0, 0.1) is 0 Å². The van der Waals surface area contributed by atoms with Crippen molar-refractivity contribution in [3.8, 4) is 0 Å². The number of hydrogen-bond acceptors (Lipinski definition) is 7. The summed E-state index contributed by atoms with van der Waals surface area (Å²) in [6, 6.07) is 6.05. The predicted octanol–water partition coefficient (Wildman–Crippen LogP) is 1.63. The van der Waals surface area contributed by atoms with Crippen LogP contribution in [0.25, 0.3) is 21.9 Å². The van der Waals surface area contributed by atoms with Crippen molar-refractivity contribution in [2.45, 2.75) is 23.6 Å². The summed E-state index contributed by atoms with van der Waals surface area (Å²) in [4.78, 5) is 23.7. The number of hydrogen-bond donors (Lipinski definition) is 1. The van der Waals surface area contributed by atoms with Crippen LogP contribution < -0.4 is 11.2 Å². The summed E-state index contributed by atoms with van der Waals surface area (Å²) >= 11 is 0. The second-order valence-corrected chi connectivity index (χ2v) is 10.6. The lowest BCUT2D eigenvalue weighted by molar-refractivity contribution is 0.100. The molecule has 2 N–H and O–H groups in total. The van der Waals surface area contributed by atoms with E-state index in [1.807, 2.05) is 0 Å². The van der Waals surface area contributed by atoms with Crippen LogP contribution in [0.2, 0.25) is 0 Å². The van der Waals surface area contributed by atoms with Gasteiger partial charge in [0.2, 0.25) is 11.3 Å². The average molecular weight is 423 g/mol. The molecule has 0 fully saturated rings. The minimum absolute atomic E-state index is 0.00491. The van der Waals surface area contributed by atoms with Crippen molar-refractivity contribution in [2.24, 2.45) is 5.73 Å². The zero-order valence-corrected chi connectivity index (χ0v) is 16.7. The smallest absolute Gasteiger partial charge is 0.248 e. The maximum atomic E-state index is 13.0. The maximum Gasteiger partial charge on any atom is 0.248 e. The molecule has 0 spiro atoms. The average Bonchev–Trinajstić information content (AvgIpc) is 2.67. The summed E-state index contributed by atoms with van der Waals surface area (Å²) in [7, 11) is -7.69. The number of carbonyl (C=O) groups excluding carboxylic acids is 1. The standard InChI is InChI=1S/C18H17NO7S2/c1-3-27(22,23)11-8-13-16(20)12-7-10(18(19)21)5-6-14(12)26-17(13)15(9-11)28(24,25)4-2/h5-9H,3-4H2,1-2H3,(H2,19,21). The largest absolute Gasteiger partial charge is 0.454 e. The summed E-state index contributed by atoms with van der Waals surface area (Å²) < 4.78 is 55.5. The summed E-state index contributed by atoms with van der Waals surface area (Å²) in [6.45, 7) is 2.82. The van der Waals surface area contributed by atoms with Crippen LogP contribution in [0.5, 0.6) is 0 Å². The Balaban J connectivity index is 2.58. The van der Waals surface area contributed by atoms with Gasteiger partial charge < -0.3 is 10.2 Å². The van der Waals surface area contributed by atoms with Crippen molar-refractivity contribution in [1.82, 2.24) is 0 Å². The van der Waals surface area contributed by atoms with Crippen LogP contribution in [0.4, 0.5) is 0 Å². The molecule has 1 amide bonds. The number of primary amides is 1. The van der Waals surface area contributed by atoms with Crippen LogP contribution in [0.1, 0.15) is 24.2 Å². The molecular weight excluding hydrogens is 406 g/mol.